The van der Waals surface area contributed by atoms with Crippen molar-refractivity contribution < 1.29 is 0 Å². The molecule has 0 saturated carbocycles. The van der Waals surface area contributed by atoms with Gasteiger partial charge in [0.15, 0.2) is 0 Å². The third kappa shape index (κ3) is 3.52. The molecule has 8 rings (SSSR count). The zero-order chi connectivity index (χ0) is 26.6. The van der Waals surface area contributed by atoms with Crippen molar-refractivity contribution in [1.82, 2.24) is 4.98 Å². The van der Waals surface area contributed by atoms with E-state index in [1.165, 1.54) is 44.0 Å². The van der Waals surface area contributed by atoms with Crippen LogP contribution < -0.4 is 0 Å². The van der Waals surface area contributed by atoms with Gasteiger partial charge in [-0.1, -0.05) is 91.0 Å². The maximum Gasteiger partial charge on any atom is 0.0991 e. The first-order chi connectivity index (χ1) is 19.8. The number of fused-ring (bicyclic) bond motifs is 9. The molecule has 0 radical (unpaired) electrons. The summed E-state index contributed by atoms with van der Waals surface area (Å²) in [5.74, 6) is 0. The number of benzene rings is 5. The van der Waals surface area contributed by atoms with Crippen molar-refractivity contribution in [2.45, 2.75) is 25.7 Å². The number of pyridine rings is 1. The minimum atomic E-state index is 0.688. The number of hydrogen-bond acceptors (Lipinski definition) is 2. The average molecular weight is 511 g/mol. The summed E-state index contributed by atoms with van der Waals surface area (Å²) in [5.41, 5.74) is 12.0. The minimum Gasteiger partial charge on any atom is -0.246 e. The molecule has 2 aliphatic rings. The Morgan fingerprint density at radius 3 is 2.08 bits per heavy atom. The molecule has 0 amide bonds. The lowest BCUT2D eigenvalue weighted by Crippen LogP contribution is -2.08. The monoisotopic (exact) mass is 510 g/mol. The summed E-state index contributed by atoms with van der Waals surface area (Å²) in [6, 6.07) is 32.1. The van der Waals surface area contributed by atoms with E-state index in [0.29, 0.717) is 5.56 Å². The first kappa shape index (κ1) is 22.9. The molecule has 0 aliphatic heterocycles. The molecule has 1 aromatic heterocycles. The van der Waals surface area contributed by atoms with Gasteiger partial charge in [0.1, 0.15) is 0 Å². The van der Waals surface area contributed by atoms with Gasteiger partial charge < -0.3 is 0 Å². The van der Waals surface area contributed by atoms with E-state index in [1.807, 2.05) is 18.2 Å². The van der Waals surface area contributed by atoms with E-state index in [9.17, 15) is 5.26 Å². The second-order valence-electron chi connectivity index (χ2n) is 10.9. The van der Waals surface area contributed by atoms with Crippen LogP contribution in [-0.4, -0.2) is 4.98 Å². The van der Waals surface area contributed by atoms with Crippen LogP contribution >= 0.6 is 0 Å². The maximum atomic E-state index is 9.22. The third-order valence-electron chi connectivity index (χ3n) is 8.60. The Bertz CT molecular complexity index is 2100. The van der Waals surface area contributed by atoms with Crippen LogP contribution in [0.3, 0.4) is 0 Å². The quantitative estimate of drug-likeness (QED) is 0.217. The second kappa shape index (κ2) is 9.04. The fourth-order valence-electron chi connectivity index (χ4n) is 6.68. The lowest BCUT2D eigenvalue weighted by molar-refractivity contribution is 0.910. The van der Waals surface area contributed by atoms with Gasteiger partial charge in [-0.3, -0.25) is 0 Å². The third-order valence-corrected chi connectivity index (χ3v) is 8.60. The first-order valence-electron chi connectivity index (χ1n) is 14.1. The van der Waals surface area contributed by atoms with Crippen LogP contribution in [-0.2, 0) is 12.8 Å². The Morgan fingerprint density at radius 1 is 0.625 bits per heavy atom. The molecule has 2 nitrogen and oxygen atoms in total. The molecule has 0 spiro atoms. The fraction of sp³-hybridized carbons (Fsp3) is 0.105. The Morgan fingerprint density at radius 2 is 1.27 bits per heavy atom. The highest BCUT2D eigenvalue weighted by atomic mass is 14.7. The molecule has 0 fully saturated rings. The van der Waals surface area contributed by atoms with Gasteiger partial charge in [0, 0.05) is 21.9 Å². The van der Waals surface area contributed by atoms with Crippen molar-refractivity contribution in [2.75, 3.05) is 0 Å². The van der Waals surface area contributed by atoms with Gasteiger partial charge in [-0.2, -0.15) is 5.26 Å². The standard InChI is InChI=1S/C38H26N2/c39-23-24-13-14-29-22-28(20-19-27(29)21-24)25-15-17-26(18-16-25)37-35-12-6-4-10-33(35)36-32-9-3-1-7-30(32)31-8-2-5-11-34(31)38(36)40-37/h3-6,9-22H,1-2,7-8H2. The number of nitriles is 1. The number of aromatic nitrogens is 1. The molecular weight excluding hydrogens is 484 g/mol. The Labute approximate surface area is 233 Å². The molecule has 40 heavy (non-hydrogen) atoms. The zero-order valence-corrected chi connectivity index (χ0v) is 22.1. The lowest BCUT2D eigenvalue weighted by Gasteiger charge is -2.24. The predicted molar refractivity (Wildman–Crippen MR) is 167 cm³/mol. The van der Waals surface area contributed by atoms with Gasteiger partial charge in [-0.05, 0) is 87.9 Å². The molecule has 188 valence electrons. The van der Waals surface area contributed by atoms with E-state index >= 15 is 0 Å². The summed E-state index contributed by atoms with van der Waals surface area (Å²) in [5, 5.41) is 15.2. The van der Waals surface area contributed by atoms with Crippen molar-refractivity contribution in [3.63, 3.8) is 0 Å². The van der Waals surface area contributed by atoms with Crippen LogP contribution in [0.25, 0.3) is 67.0 Å². The number of hydrogen-bond donors (Lipinski definition) is 0. The molecule has 0 N–H and O–H groups in total. The van der Waals surface area contributed by atoms with Gasteiger partial charge in [0.2, 0.25) is 0 Å². The Balaban J connectivity index is 1.31. The SMILES string of the molecule is N#Cc1ccc2cc(-c3ccc(-c4nc5c6c(c7c(c5c5ccccc45)C=CCC7)CCC=C6)cc3)ccc2c1. The molecule has 1 heterocycles. The minimum absolute atomic E-state index is 0.688. The highest BCUT2D eigenvalue weighted by Gasteiger charge is 2.23. The highest BCUT2D eigenvalue weighted by molar-refractivity contribution is 6.16. The molecule has 0 unspecified atom stereocenters. The van der Waals surface area contributed by atoms with Crippen molar-refractivity contribution in [1.29, 1.82) is 5.26 Å². The average Bonchev–Trinajstić information content (AvgIpc) is 3.04. The zero-order valence-electron chi connectivity index (χ0n) is 22.1. The summed E-state index contributed by atoms with van der Waals surface area (Å²) >= 11 is 0. The van der Waals surface area contributed by atoms with Crippen molar-refractivity contribution in [3.8, 4) is 28.5 Å². The van der Waals surface area contributed by atoms with Crippen LogP contribution in [0.15, 0.2) is 97.1 Å². The van der Waals surface area contributed by atoms with Crippen LogP contribution in [0, 0.1) is 11.3 Å². The smallest absolute Gasteiger partial charge is 0.0991 e. The lowest BCUT2D eigenvalue weighted by atomic mass is 9.81. The van der Waals surface area contributed by atoms with E-state index in [4.69, 9.17) is 4.98 Å². The summed E-state index contributed by atoms with van der Waals surface area (Å²) in [6.07, 6.45) is 13.7. The van der Waals surface area contributed by atoms with Gasteiger partial charge in [-0.25, -0.2) is 4.98 Å². The van der Waals surface area contributed by atoms with Crippen LogP contribution in [0.5, 0.6) is 0 Å². The molecular formula is C38H26N2. The van der Waals surface area contributed by atoms with E-state index in [-0.39, 0.29) is 0 Å². The number of allylic oxidation sites excluding steroid dienone is 2. The fourth-order valence-corrected chi connectivity index (χ4v) is 6.68. The predicted octanol–water partition coefficient (Wildman–Crippen LogP) is 9.67. The first-order valence-corrected chi connectivity index (χ1v) is 14.1. The topological polar surface area (TPSA) is 36.7 Å². The molecule has 0 bridgehead atoms. The Hall–Kier alpha value is -5.00. The number of nitrogens with zero attached hydrogens (tertiary/aromatic N) is 2. The van der Waals surface area contributed by atoms with Gasteiger partial charge in [-0.15, -0.1) is 0 Å². The molecule has 2 heteroatoms. The van der Waals surface area contributed by atoms with Crippen molar-refractivity contribution in [3.05, 3.63) is 125 Å². The van der Waals surface area contributed by atoms with Crippen molar-refractivity contribution in [2.24, 2.45) is 0 Å². The molecule has 0 atom stereocenters. The maximum absolute atomic E-state index is 9.22. The van der Waals surface area contributed by atoms with Crippen LogP contribution in [0.4, 0.5) is 0 Å². The van der Waals surface area contributed by atoms with E-state index in [1.54, 1.807) is 0 Å². The van der Waals surface area contributed by atoms with Gasteiger partial charge in [0.05, 0.1) is 22.8 Å². The van der Waals surface area contributed by atoms with Crippen LogP contribution in [0.2, 0.25) is 0 Å². The second-order valence-corrected chi connectivity index (χ2v) is 10.9. The number of rotatable bonds is 2. The van der Waals surface area contributed by atoms with Gasteiger partial charge in [0.25, 0.3) is 0 Å². The molecule has 0 saturated heterocycles. The highest BCUT2D eigenvalue weighted by Crippen LogP contribution is 2.42. The largest absolute Gasteiger partial charge is 0.246 e. The summed E-state index contributed by atoms with van der Waals surface area (Å²) in [6.45, 7) is 0. The molecule has 5 aromatic carbocycles. The van der Waals surface area contributed by atoms with E-state index in [0.717, 1.165) is 58.8 Å². The van der Waals surface area contributed by atoms with Crippen LogP contribution in [0.1, 0.15) is 40.7 Å². The molecule has 2 aliphatic carbocycles. The van der Waals surface area contributed by atoms with Gasteiger partial charge >= 0.3 is 0 Å². The normalized spacial score (nSPS) is 13.9. The Kier molecular flexibility index (Phi) is 5.18. The summed E-state index contributed by atoms with van der Waals surface area (Å²) in [7, 11) is 0. The van der Waals surface area contributed by atoms with Crippen molar-refractivity contribution >= 4 is 44.6 Å². The van der Waals surface area contributed by atoms with E-state index in [2.05, 4.69) is 97.1 Å². The summed E-state index contributed by atoms with van der Waals surface area (Å²) < 4.78 is 0. The summed E-state index contributed by atoms with van der Waals surface area (Å²) in [4.78, 5) is 5.44. The molecule has 6 aromatic rings. The van der Waals surface area contributed by atoms with E-state index < -0.39 is 0 Å².